The van der Waals surface area contributed by atoms with Crippen LogP contribution in [0, 0.1) is 6.92 Å². The third kappa shape index (κ3) is 3.56. The molecular formula is C15H21BrN2O2S. The molecule has 6 heteroatoms. The lowest BCUT2D eigenvalue weighted by atomic mass is 10.1. The number of halogens is 1. The van der Waals surface area contributed by atoms with Crippen LogP contribution >= 0.6 is 15.9 Å². The fourth-order valence-electron chi connectivity index (χ4n) is 2.34. The Morgan fingerprint density at radius 3 is 2.67 bits per heavy atom. The van der Waals surface area contributed by atoms with Crippen molar-refractivity contribution in [1.29, 1.82) is 0 Å². The average Bonchev–Trinajstić information content (AvgIpc) is 3.24. The van der Waals surface area contributed by atoms with Crippen molar-refractivity contribution in [3.8, 4) is 0 Å². The van der Waals surface area contributed by atoms with Crippen molar-refractivity contribution in [2.75, 3.05) is 13.6 Å². The van der Waals surface area contributed by atoms with Crippen molar-refractivity contribution >= 4 is 26.0 Å². The summed E-state index contributed by atoms with van der Waals surface area (Å²) in [6.45, 7) is 6.50. The van der Waals surface area contributed by atoms with E-state index in [0.717, 1.165) is 28.4 Å². The van der Waals surface area contributed by atoms with E-state index in [1.54, 1.807) is 16.4 Å². The summed E-state index contributed by atoms with van der Waals surface area (Å²) in [5, 5.41) is 3.05. The average molecular weight is 373 g/mol. The van der Waals surface area contributed by atoms with Crippen LogP contribution in [0.3, 0.4) is 0 Å². The summed E-state index contributed by atoms with van der Waals surface area (Å²) in [6.07, 6.45) is 3.52. The number of hydrogen-bond acceptors (Lipinski definition) is 3. The summed E-state index contributed by atoms with van der Waals surface area (Å²) in [5.41, 5.74) is 1.70. The first-order valence-electron chi connectivity index (χ1n) is 6.98. The summed E-state index contributed by atoms with van der Waals surface area (Å²) in [5.74, 6) is 0. The maximum absolute atomic E-state index is 13.0. The lowest BCUT2D eigenvalue weighted by Crippen LogP contribution is -2.33. The number of rotatable bonds is 7. The van der Waals surface area contributed by atoms with Gasteiger partial charge in [0.25, 0.3) is 0 Å². The van der Waals surface area contributed by atoms with Crippen molar-refractivity contribution in [2.24, 2.45) is 0 Å². The van der Waals surface area contributed by atoms with Gasteiger partial charge in [-0.05, 0) is 50.1 Å². The fourth-order valence-corrected chi connectivity index (χ4v) is 4.93. The van der Waals surface area contributed by atoms with Crippen molar-refractivity contribution in [3.63, 3.8) is 0 Å². The van der Waals surface area contributed by atoms with Crippen LogP contribution in [0.1, 0.15) is 24.0 Å². The smallest absolute Gasteiger partial charge is 0.243 e. The molecule has 0 aliphatic heterocycles. The van der Waals surface area contributed by atoms with Crippen molar-refractivity contribution < 1.29 is 8.42 Å². The maximum Gasteiger partial charge on any atom is 0.243 e. The molecule has 0 heterocycles. The molecule has 0 amide bonds. The van der Waals surface area contributed by atoms with E-state index in [9.17, 15) is 8.42 Å². The highest BCUT2D eigenvalue weighted by Gasteiger charge is 2.38. The third-order valence-corrected chi connectivity index (χ3v) is 6.46. The van der Waals surface area contributed by atoms with Crippen molar-refractivity contribution in [3.05, 3.63) is 40.4 Å². The van der Waals surface area contributed by atoms with E-state index in [1.807, 2.05) is 20.0 Å². The first-order valence-corrected chi connectivity index (χ1v) is 9.21. The predicted octanol–water partition coefficient (Wildman–Crippen LogP) is 2.82. The van der Waals surface area contributed by atoms with Gasteiger partial charge in [-0.2, -0.15) is 4.31 Å². The van der Waals surface area contributed by atoms with Gasteiger partial charge in [0.1, 0.15) is 0 Å². The van der Waals surface area contributed by atoms with E-state index in [0.29, 0.717) is 18.0 Å². The van der Waals surface area contributed by atoms with Gasteiger partial charge in [-0.1, -0.05) is 22.0 Å². The summed E-state index contributed by atoms with van der Waals surface area (Å²) in [6, 6.07) is 3.85. The number of sulfonamides is 1. The van der Waals surface area contributed by atoms with Gasteiger partial charge in [0.15, 0.2) is 0 Å². The van der Waals surface area contributed by atoms with Gasteiger partial charge < -0.3 is 5.32 Å². The minimum absolute atomic E-state index is 0.124. The minimum Gasteiger partial charge on any atom is -0.316 e. The maximum atomic E-state index is 13.0. The van der Waals surface area contributed by atoms with Crippen LogP contribution in [0.4, 0.5) is 0 Å². The number of hydrogen-bond donors (Lipinski definition) is 1. The molecule has 1 aromatic rings. The molecule has 4 nitrogen and oxygen atoms in total. The molecule has 1 fully saturated rings. The largest absolute Gasteiger partial charge is 0.316 e. The van der Waals surface area contributed by atoms with E-state index < -0.39 is 10.0 Å². The van der Waals surface area contributed by atoms with E-state index in [-0.39, 0.29) is 6.04 Å². The Bertz CT molecular complexity index is 639. The molecule has 1 N–H and O–H groups in total. The normalized spacial score (nSPS) is 15.4. The quantitative estimate of drug-likeness (QED) is 0.748. The number of nitrogens with one attached hydrogen (secondary N) is 1. The molecule has 0 saturated heterocycles. The molecule has 0 unspecified atom stereocenters. The summed E-state index contributed by atoms with van der Waals surface area (Å²) < 4.78 is 28.3. The standard InChI is InChI=1S/C15H21BrN2O2S/c1-4-7-18(13-5-6-13)21(19,20)15-9-12(10-17-3)8-14(16)11(15)2/h4,8-9,13,17H,1,5-7,10H2,2-3H3. The number of nitrogens with zero attached hydrogens (tertiary/aromatic N) is 1. The van der Waals surface area contributed by atoms with Gasteiger partial charge in [0, 0.05) is 23.6 Å². The molecule has 0 bridgehead atoms. The van der Waals surface area contributed by atoms with Crippen LogP contribution in [0.15, 0.2) is 34.2 Å². The van der Waals surface area contributed by atoms with Gasteiger partial charge in [-0.15, -0.1) is 6.58 Å². The second-order valence-electron chi connectivity index (χ2n) is 5.33. The Labute approximate surface area is 135 Å². The Morgan fingerprint density at radius 1 is 1.48 bits per heavy atom. The monoisotopic (exact) mass is 372 g/mol. The molecule has 0 radical (unpaired) electrons. The molecule has 21 heavy (non-hydrogen) atoms. The molecule has 0 spiro atoms. The van der Waals surface area contributed by atoms with Crippen LogP contribution in [0.5, 0.6) is 0 Å². The zero-order chi connectivity index (χ0) is 15.6. The Hall–Kier alpha value is -0.690. The molecule has 0 atom stereocenters. The predicted molar refractivity (Wildman–Crippen MR) is 88.8 cm³/mol. The lowest BCUT2D eigenvalue weighted by Gasteiger charge is -2.22. The van der Waals surface area contributed by atoms with Gasteiger partial charge in [-0.3, -0.25) is 0 Å². The lowest BCUT2D eigenvalue weighted by molar-refractivity contribution is 0.435. The zero-order valence-electron chi connectivity index (χ0n) is 12.4. The Kier molecular flexibility index (Phi) is 5.24. The molecule has 1 aromatic carbocycles. The first-order chi connectivity index (χ1) is 9.91. The number of benzene rings is 1. The summed E-state index contributed by atoms with van der Waals surface area (Å²) >= 11 is 3.47. The van der Waals surface area contributed by atoms with Crippen molar-refractivity contribution in [2.45, 2.75) is 37.2 Å². The van der Waals surface area contributed by atoms with Gasteiger partial charge in [0.05, 0.1) is 4.90 Å². The van der Waals surface area contributed by atoms with E-state index >= 15 is 0 Å². The van der Waals surface area contributed by atoms with Crippen LogP contribution in [-0.4, -0.2) is 32.4 Å². The minimum atomic E-state index is -3.49. The Morgan fingerprint density at radius 2 is 2.14 bits per heavy atom. The van der Waals surface area contributed by atoms with Gasteiger partial charge >= 0.3 is 0 Å². The topological polar surface area (TPSA) is 49.4 Å². The Balaban J connectivity index is 2.49. The molecule has 0 aromatic heterocycles. The van der Waals surface area contributed by atoms with Crippen LogP contribution in [-0.2, 0) is 16.6 Å². The van der Waals surface area contributed by atoms with Crippen LogP contribution in [0.25, 0.3) is 0 Å². The highest BCUT2D eigenvalue weighted by Crippen LogP contribution is 2.34. The van der Waals surface area contributed by atoms with E-state index in [2.05, 4.69) is 27.8 Å². The molecular weight excluding hydrogens is 352 g/mol. The molecule has 2 rings (SSSR count). The fraction of sp³-hybridized carbons (Fsp3) is 0.467. The molecule has 1 aliphatic rings. The van der Waals surface area contributed by atoms with Gasteiger partial charge in [-0.25, -0.2) is 8.42 Å². The first kappa shape index (κ1) is 16.7. The second-order valence-corrected chi connectivity index (χ2v) is 8.04. The SMILES string of the molecule is C=CCN(C1CC1)S(=O)(=O)c1cc(CNC)cc(Br)c1C. The molecule has 116 valence electrons. The van der Waals surface area contributed by atoms with E-state index in [4.69, 9.17) is 0 Å². The van der Waals surface area contributed by atoms with Crippen LogP contribution < -0.4 is 5.32 Å². The van der Waals surface area contributed by atoms with Gasteiger partial charge in [0.2, 0.25) is 10.0 Å². The molecule has 1 aliphatic carbocycles. The summed E-state index contributed by atoms with van der Waals surface area (Å²) in [7, 11) is -1.65. The third-order valence-electron chi connectivity index (χ3n) is 3.59. The van der Waals surface area contributed by atoms with E-state index in [1.165, 1.54) is 0 Å². The zero-order valence-corrected chi connectivity index (χ0v) is 14.8. The molecule has 1 saturated carbocycles. The highest BCUT2D eigenvalue weighted by molar-refractivity contribution is 9.10. The van der Waals surface area contributed by atoms with Crippen LogP contribution in [0.2, 0.25) is 0 Å². The summed E-state index contributed by atoms with van der Waals surface area (Å²) in [4.78, 5) is 0.385. The highest BCUT2D eigenvalue weighted by atomic mass is 79.9. The van der Waals surface area contributed by atoms with Crippen molar-refractivity contribution in [1.82, 2.24) is 9.62 Å². The second kappa shape index (κ2) is 6.60.